The topological polar surface area (TPSA) is 32.6 Å². The molecule has 0 bridgehead atoms. The van der Waals surface area contributed by atoms with Gasteiger partial charge in [0.1, 0.15) is 0 Å². The molecule has 0 fully saturated rings. The third kappa shape index (κ3) is 4.14. The standard InChI is InChI=1S/C11H18ClNO/c12-10-8-6-4-2-1-3-5-7-9-11(10)13-14/h8,14H,1-7,9H2/b10-8+,13-11?. The van der Waals surface area contributed by atoms with Gasteiger partial charge in [-0.1, -0.05) is 48.5 Å². The van der Waals surface area contributed by atoms with Gasteiger partial charge in [-0.2, -0.15) is 0 Å². The Morgan fingerprint density at radius 3 is 2.43 bits per heavy atom. The highest BCUT2D eigenvalue weighted by Crippen LogP contribution is 2.17. The summed E-state index contributed by atoms with van der Waals surface area (Å²) in [6.07, 6.45) is 11.1. The lowest BCUT2D eigenvalue weighted by Gasteiger charge is -2.01. The van der Waals surface area contributed by atoms with E-state index in [-0.39, 0.29) is 0 Å². The van der Waals surface area contributed by atoms with Crippen LogP contribution >= 0.6 is 11.6 Å². The largest absolute Gasteiger partial charge is 0.411 e. The van der Waals surface area contributed by atoms with Crippen LogP contribution in [-0.2, 0) is 0 Å². The van der Waals surface area contributed by atoms with Gasteiger partial charge in [-0.05, 0) is 25.7 Å². The quantitative estimate of drug-likeness (QED) is 0.480. The van der Waals surface area contributed by atoms with Crippen LogP contribution in [0.2, 0.25) is 0 Å². The van der Waals surface area contributed by atoms with Crippen LogP contribution in [0.3, 0.4) is 0 Å². The molecule has 0 saturated carbocycles. The molecule has 0 aromatic carbocycles. The molecule has 1 aliphatic rings. The van der Waals surface area contributed by atoms with E-state index in [0.29, 0.717) is 10.7 Å². The van der Waals surface area contributed by atoms with Gasteiger partial charge in [-0.15, -0.1) is 0 Å². The van der Waals surface area contributed by atoms with Crippen LogP contribution in [0, 0.1) is 0 Å². The molecule has 80 valence electrons. The van der Waals surface area contributed by atoms with Crippen molar-refractivity contribution < 1.29 is 5.21 Å². The van der Waals surface area contributed by atoms with Crippen LogP contribution in [0.1, 0.15) is 51.4 Å². The van der Waals surface area contributed by atoms with Crippen LogP contribution in [0.25, 0.3) is 0 Å². The highest BCUT2D eigenvalue weighted by Gasteiger charge is 2.06. The minimum Gasteiger partial charge on any atom is -0.411 e. The third-order valence-corrected chi connectivity index (χ3v) is 2.96. The second-order valence-corrected chi connectivity index (χ2v) is 4.17. The number of rotatable bonds is 0. The van der Waals surface area contributed by atoms with E-state index in [1.807, 2.05) is 6.08 Å². The average molecular weight is 216 g/mol. The van der Waals surface area contributed by atoms with Gasteiger partial charge in [0.2, 0.25) is 0 Å². The highest BCUT2D eigenvalue weighted by molar-refractivity contribution is 6.43. The zero-order valence-electron chi connectivity index (χ0n) is 8.51. The molecular formula is C11H18ClNO. The van der Waals surface area contributed by atoms with E-state index in [2.05, 4.69) is 5.16 Å². The molecule has 2 nitrogen and oxygen atoms in total. The first-order valence-corrected chi connectivity index (χ1v) is 5.79. The minimum absolute atomic E-state index is 0.634. The van der Waals surface area contributed by atoms with E-state index in [1.165, 1.54) is 32.1 Å². The van der Waals surface area contributed by atoms with E-state index in [4.69, 9.17) is 16.8 Å². The summed E-state index contributed by atoms with van der Waals surface area (Å²) in [5.74, 6) is 0. The Morgan fingerprint density at radius 2 is 1.71 bits per heavy atom. The Hall–Kier alpha value is -0.500. The fourth-order valence-corrected chi connectivity index (χ4v) is 1.95. The average Bonchev–Trinajstić information content (AvgIpc) is 2.24. The molecule has 0 aromatic heterocycles. The third-order valence-electron chi connectivity index (χ3n) is 2.59. The molecule has 0 radical (unpaired) electrons. The van der Waals surface area contributed by atoms with Crippen molar-refractivity contribution in [1.82, 2.24) is 0 Å². The van der Waals surface area contributed by atoms with Gasteiger partial charge in [0.05, 0.1) is 10.7 Å². The van der Waals surface area contributed by atoms with Crippen molar-refractivity contribution in [2.45, 2.75) is 51.4 Å². The SMILES string of the molecule is ON=C1CCCCCCCC/C=C\1Cl. The molecule has 0 heterocycles. The smallest absolute Gasteiger partial charge is 0.0978 e. The van der Waals surface area contributed by atoms with E-state index in [0.717, 1.165) is 19.3 Å². The summed E-state index contributed by atoms with van der Waals surface area (Å²) < 4.78 is 0. The Bertz CT molecular complexity index is 223. The number of nitrogens with zero attached hydrogens (tertiary/aromatic N) is 1. The summed E-state index contributed by atoms with van der Waals surface area (Å²) in [7, 11) is 0. The van der Waals surface area contributed by atoms with Crippen LogP contribution in [0.15, 0.2) is 16.3 Å². The Balaban J connectivity index is 2.55. The number of oxime groups is 1. The summed E-state index contributed by atoms with van der Waals surface area (Å²) in [5, 5.41) is 12.7. The molecule has 1 aliphatic carbocycles. The van der Waals surface area contributed by atoms with Gasteiger partial charge < -0.3 is 5.21 Å². The molecule has 0 atom stereocenters. The monoisotopic (exact) mass is 215 g/mol. The van der Waals surface area contributed by atoms with Crippen molar-refractivity contribution in [1.29, 1.82) is 0 Å². The van der Waals surface area contributed by atoms with Gasteiger partial charge in [0.25, 0.3) is 0 Å². The summed E-state index contributed by atoms with van der Waals surface area (Å²) in [5.41, 5.74) is 0.647. The Kier molecular flexibility index (Phi) is 5.69. The maximum Gasteiger partial charge on any atom is 0.0978 e. The first-order chi connectivity index (χ1) is 6.84. The number of hydrogen-bond donors (Lipinski definition) is 1. The predicted octanol–water partition coefficient (Wildman–Crippen LogP) is 4.07. The molecule has 0 saturated heterocycles. The van der Waals surface area contributed by atoms with Crippen molar-refractivity contribution in [3.05, 3.63) is 11.1 Å². The molecule has 0 spiro atoms. The predicted molar refractivity (Wildman–Crippen MR) is 60.1 cm³/mol. The lowest BCUT2D eigenvalue weighted by molar-refractivity contribution is 0.318. The van der Waals surface area contributed by atoms with Crippen molar-refractivity contribution in [2.75, 3.05) is 0 Å². The van der Waals surface area contributed by atoms with E-state index >= 15 is 0 Å². The normalized spacial score (nSPS) is 27.8. The van der Waals surface area contributed by atoms with Crippen LogP contribution < -0.4 is 0 Å². The highest BCUT2D eigenvalue weighted by atomic mass is 35.5. The summed E-state index contributed by atoms with van der Waals surface area (Å²) in [6, 6.07) is 0. The maximum absolute atomic E-state index is 8.77. The Morgan fingerprint density at radius 1 is 1.07 bits per heavy atom. The van der Waals surface area contributed by atoms with Crippen LogP contribution in [-0.4, -0.2) is 10.9 Å². The van der Waals surface area contributed by atoms with Crippen LogP contribution in [0.4, 0.5) is 0 Å². The van der Waals surface area contributed by atoms with Gasteiger partial charge in [-0.3, -0.25) is 0 Å². The van der Waals surface area contributed by atoms with E-state index in [9.17, 15) is 0 Å². The van der Waals surface area contributed by atoms with Crippen molar-refractivity contribution in [3.63, 3.8) is 0 Å². The molecule has 1 N–H and O–H groups in total. The number of halogens is 1. The minimum atomic E-state index is 0.634. The molecule has 3 heteroatoms. The molecule has 14 heavy (non-hydrogen) atoms. The fraction of sp³-hybridized carbons (Fsp3) is 0.727. The van der Waals surface area contributed by atoms with Crippen molar-refractivity contribution >= 4 is 17.3 Å². The molecule has 0 aliphatic heterocycles. The lowest BCUT2D eigenvalue weighted by Crippen LogP contribution is -1.98. The first-order valence-electron chi connectivity index (χ1n) is 5.41. The maximum atomic E-state index is 8.77. The van der Waals surface area contributed by atoms with Crippen molar-refractivity contribution in [3.8, 4) is 0 Å². The van der Waals surface area contributed by atoms with Gasteiger partial charge in [0, 0.05) is 0 Å². The zero-order chi connectivity index (χ0) is 10.2. The second kappa shape index (κ2) is 6.88. The second-order valence-electron chi connectivity index (χ2n) is 3.76. The molecule has 0 aromatic rings. The van der Waals surface area contributed by atoms with E-state index in [1.54, 1.807) is 0 Å². The molecule has 1 rings (SSSR count). The summed E-state index contributed by atoms with van der Waals surface area (Å²) in [6.45, 7) is 0. The van der Waals surface area contributed by atoms with E-state index < -0.39 is 0 Å². The fourth-order valence-electron chi connectivity index (χ4n) is 1.71. The molecule has 0 unspecified atom stereocenters. The lowest BCUT2D eigenvalue weighted by atomic mass is 10.1. The van der Waals surface area contributed by atoms with Crippen LogP contribution in [0.5, 0.6) is 0 Å². The van der Waals surface area contributed by atoms with Gasteiger partial charge >= 0.3 is 0 Å². The number of allylic oxidation sites excluding steroid dienone is 2. The summed E-state index contributed by atoms with van der Waals surface area (Å²) in [4.78, 5) is 0. The first kappa shape index (κ1) is 11.6. The summed E-state index contributed by atoms with van der Waals surface area (Å²) >= 11 is 6.01. The molecular weight excluding hydrogens is 198 g/mol. The Labute approximate surface area is 90.6 Å². The van der Waals surface area contributed by atoms with Gasteiger partial charge in [0.15, 0.2) is 0 Å². The van der Waals surface area contributed by atoms with Gasteiger partial charge in [-0.25, -0.2) is 0 Å². The molecule has 0 amide bonds. The number of hydrogen-bond acceptors (Lipinski definition) is 2. The van der Waals surface area contributed by atoms with Crippen molar-refractivity contribution in [2.24, 2.45) is 5.16 Å². The zero-order valence-corrected chi connectivity index (χ0v) is 9.26.